The van der Waals surface area contributed by atoms with Crippen LogP contribution in [0, 0.1) is 0 Å². The van der Waals surface area contributed by atoms with Crippen molar-refractivity contribution in [3.63, 3.8) is 0 Å². The molecule has 2 heterocycles. The molecule has 2 heteroatoms. The fourth-order valence-electron chi connectivity index (χ4n) is 10.8. The Kier molecular flexibility index (Phi) is 7.48. The zero-order chi connectivity index (χ0) is 40.3. The molecule has 60 heavy (non-hydrogen) atoms. The second-order valence-electron chi connectivity index (χ2n) is 18.1. The Bertz CT molecular complexity index is 3360. The zero-order valence-corrected chi connectivity index (χ0v) is 34.5. The summed E-state index contributed by atoms with van der Waals surface area (Å²) in [5.41, 5.74) is 22.3. The number of para-hydroxylation sites is 1. The molecule has 0 spiro atoms. The molecule has 7 aromatic carbocycles. The Hall–Kier alpha value is -6.90. The normalized spacial score (nSPS) is 15.7. The Morgan fingerprint density at radius 3 is 2.02 bits per heavy atom. The quantitative estimate of drug-likeness (QED) is 0.167. The standard InChI is InChI=1S/C58H44N2/c1-57(2)50-18-10-8-15-42(50)44-27-25-37(30-52(44)57)48-33-55(39-26-28-45-43-16-9-11-19-51(43)58(3,4)53(45)31-39)60-56-46-17-7-6-14-41(46)47(32-49(48)56)36-23-21-35(22-24-36)40-29-38-13-5-12-20-54(38)59-34-40/h5-7,9-14,16-34H,8,15H2,1-4H3. The molecule has 12 rings (SSSR count). The number of allylic oxidation sites excluding steroid dienone is 4. The van der Waals surface area contributed by atoms with Gasteiger partial charge in [0.25, 0.3) is 0 Å². The number of rotatable bonds is 4. The second-order valence-corrected chi connectivity index (χ2v) is 18.1. The fraction of sp³-hybridized carbons (Fsp3) is 0.138. The van der Waals surface area contributed by atoms with Gasteiger partial charge in [-0.25, -0.2) is 4.98 Å². The van der Waals surface area contributed by atoms with Crippen LogP contribution in [0.5, 0.6) is 0 Å². The lowest BCUT2D eigenvalue weighted by Crippen LogP contribution is -2.16. The number of pyridine rings is 2. The monoisotopic (exact) mass is 768 g/mol. The summed E-state index contributed by atoms with van der Waals surface area (Å²) in [6.45, 7) is 9.51. The molecule has 0 saturated carbocycles. The van der Waals surface area contributed by atoms with Crippen molar-refractivity contribution in [2.45, 2.75) is 51.4 Å². The molecule has 0 atom stereocenters. The molecule has 2 aromatic heterocycles. The van der Waals surface area contributed by atoms with Crippen LogP contribution in [-0.4, -0.2) is 9.97 Å². The molecular weight excluding hydrogens is 725 g/mol. The van der Waals surface area contributed by atoms with Gasteiger partial charge in [-0.3, -0.25) is 4.98 Å². The van der Waals surface area contributed by atoms with Gasteiger partial charge in [0.05, 0.1) is 16.7 Å². The van der Waals surface area contributed by atoms with E-state index in [0.717, 1.165) is 62.4 Å². The molecule has 0 fully saturated rings. The summed E-state index contributed by atoms with van der Waals surface area (Å²) < 4.78 is 0. The first-order chi connectivity index (χ1) is 29.2. The molecule has 0 saturated heterocycles. The highest BCUT2D eigenvalue weighted by atomic mass is 14.7. The minimum Gasteiger partial charge on any atom is -0.256 e. The van der Waals surface area contributed by atoms with Crippen molar-refractivity contribution >= 4 is 38.2 Å². The van der Waals surface area contributed by atoms with E-state index in [0.29, 0.717) is 0 Å². The lowest BCUT2D eigenvalue weighted by Gasteiger charge is -2.24. The van der Waals surface area contributed by atoms with Crippen LogP contribution in [0.15, 0.2) is 176 Å². The molecule has 0 radical (unpaired) electrons. The van der Waals surface area contributed by atoms with Crippen LogP contribution in [-0.2, 0) is 10.8 Å². The number of hydrogen-bond acceptors (Lipinski definition) is 2. The van der Waals surface area contributed by atoms with E-state index in [-0.39, 0.29) is 10.8 Å². The van der Waals surface area contributed by atoms with Crippen molar-refractivity contribution in [2.75, 3.05) is 0 Å². The van der Waals surface area contributed by atoms with Gasteiger partial charge in [0.1, 0.15) is 0 Å². The van der Waals surface area contributed by atoms with Crippen molar-refractivity contribution in [1.82, 2.24) is 9.97 Å². The van der Waals surface area contributed by atoms with E-state index in [1.54, 1.807) is 0 Å². The van der Waals surface area contributed by atoms with Gasteiger partial charge >= 0.3 is 0 Å². The maximum atomic E-state index is 5.63. The van der Waals surface area contributed by atoms with Gasteiger partial charge in [0.2, 0.25) is 0 Å². The molecular formula is C58H44N2. The third-order valence-electron chi connectivity index (χ3n) is 14.0. The largest absolute Gasteiger partial charge is 0.256 e. The Balaban J connectivity index is 1.07. The van der Waals surface area contributed by atoms with E-state index >= 15 is 0 Å². The number of nitrogens with zero attached hydrogens (tertiary/aromatic N) is 2. The summed E-state index contributed by atoms with van der Waals surface area (Å²) >= 11 is 0. The van der Waals surface area contributed by atoms with Crippen LogP contribution < -0.4 is 0 Å². The van der Waals surface area contributed by atoms with Gasteiger partial charge in [-0.2, -0.15) is 0 Å². The van der Waals surface area contributed by atoms with Gasteiger partial charge in [0, 0.05) is 44.3 Å². The van der Waals surface area contributed by atoms with E-state index in [1.807, 2.05) is 12.3 Å². The van der Waals surface area contributed by atoms with Crippen LogP contribution in [0.1, 0.15) is 62.8 Å². The average Bonchev–Trinajstić information content (AvgIpc) is 3.67. The summed E-state index contributed by atoms with van der Waals surface area (Å²) in [6, 6.07) is 56.3. The molecule has 0 aliphatic heterocycles. The lowest BCUT2D eigenvalue weighted by molar-refractivity contribution is 0.651. The van der Waals surface area contributed by atoms with Crippen molar-refractivity contribution in [2.24, 2.45) is 0 Å². The van der Waals surface area contributed by atoms with Gasteiger partial charge in [-0.05, 0) is 127 Å². The van der Waals surface area contributed by atoms with E-state index in [2.05, 4.69) is 185 Å². The summed E-state index contributed by atoms with van der Waals surface area (Å²) in [7, 11) is 0. The fourth-order valence-corrected chi connectivity index (χ4v) is 10.8. The minimum atomic E-state index is -0.101. The van der Waals surface area contributed by atoms with Crippen molar-refractivity contribution < 1.29 is 0 Å². The number of aromatic nitrogens is 2. The third-order valence-corrected chi connectivity index (χ3v) is 14.0. The third kappa shape index (κ3) is 5.13. The first-order valence-corrected chi connectivity index (χ1v) is 21.4. The zero-order valence-electron chi connectivity index (χ0n) is 34.5. The van der Waals surface area contributed by atoms with E-state index < -0.39 is 0 Å². The van der Waals surface area contributed by atoms with Crippen LogP contribution in [0.25, 0.3) is 93.9 Å². The number of benzene rings is 7. The van der Waals surface area contributed by atoms with Crippen molar-refractivity contribution in [1.29, 1.82) is 0 Å². The molecule has 0 N–H and O–H groups in total. The summed E-state index contributed by atoms with van der Waals surface area (Å²) in [4.78, 5) is 10.4. The highest BCUT2D eigenvalue weighted by Gasteiger charge is 2.38. The van der Waals surface area contributed by atoms with Crippen LogP contribution in [0.4, 0.5) is 0 Å². The number of hydrogen-bond donors (Lipinski definition) is 0. The highest BCUT2D eigenvalue weighted by Crippen LogP contribution is 2.53. The molecule has 9 aromatic rings. The predicted molar refractivity (Wildman–Crippen MR) is 252 cm³/mol. The topological polar surface area (TPSA) is 25.8 Å². The molecule has 0 amide bonds. The second kappa shape index (κ2) is 12.8. The van der Waals surface area contributed by atoms with Gasteiger partial charge in [-0.15, -0.1) is 0 Å². The smallest absolute Gasteiger partial charge is 0.0794 e. The maximum absolute atomic E-state index is 5.63. The van der Waals surface area contributed by atoms with Gasteiger partial charge in [-0.1, -0.05) is 155 Å². The SMILES string of the molecule is CC1(C)C2=C(CCC=C2)c2ccc(-c3cc(-c4ccc5c(c4)C(C)(C)c4ccccc4-5)nc4c3cc(-c3ccc(-c5cnc6ccccc6c5)cc3)c3ccccc34)cc21. The molecule has 0 bridgehead atoms. The van der Waals surface area contributed by atoms with Crippen LogP contribution >= 0.6 is 0 Å². The van der Waals surface area contributed by atoms with E-state index in [1.165, 1.54) is 72.2 Å². The molecule has 286 valence electrons. The Morgan fingerprint density at radius 2 is 1.13 bits per heavy atom. The molecule has 3 aliphatic rings. The minimum absolute atomic E-state index is 0.0655. The van der Waals surface area contributed by atoms with E-state index in [9.17, 15) is 0 Å². The lowest BCUT2D eigenvalue weighted by atomic mass is 9.79. The Morgan fingerprint density at radius 1 is 0.467 bits per heavy atom. The first-order valence-electron chi connectivity index (χ1n) is 21.4. The van der Waals surface area contributed by atoms with Gasteiger partial charge < -0.3 is 0 Å². The Labute approximate surface area is 351 Å². The van der Waals surface area contributed by atoms with Crippen LogP contribution in [0.3, 0.4) is 0 Å². The van der Waals surface area contributed by atoms with Crippen molar-refractivity contribution in [3.05, 3.63) is 198 Å². The summed E-state index contributed by atoms with van der Waals surface area (Å²) in [6.07, 6.45) is 8.93. The maximum Gasteiger partial charge on any atom is 0.0794 e. The molecule has 2 nitrogen and oxygen atoms in total. The van der Waals surface area contributed by atoms with E-state index in [4.69, 9.17) is 9.97 Å². The average molecular weight is 769 g/mol. The molecule has 0 unspecified atom stereocenters. The predicted octanol–water partition coefficient (Wildman–Crippen LogP) is 15.3. The summed E-state index contributed by atoms with van der Waals surface area (Å²) in [5.74, 6) is 0. The van der Waals surface area contributed by atoms with Gasteiger partial charge in [0.15, 0.2) is 0 Å². The van der Waals surface area contributed by atoms with Crippen molar-refractivity contribution in [3.8, 4) is 55.8 Å². The highest BCUT2D eigenvalue weighted by molar-refractivity contribution is 6.16. The summed E-state index contributed by atoms with van der Waals surface area (Å²) in [5, 5.41) is 4.67. The molecule has 3 aliphatic carbocycles. The first kappa shape index (κ1) is 35.1. The van der Waals surface area contributed by atoms with Crippen LogP contribution in [0.2, 0.25) is 0 Å². The number of fused-ring (bicyclic) bond motifs is 9.